The van der Waals surface area contributed by atoms with Crippen molar-refractivity contribution in [1.29, 1.82) is 0 Å². The second-order valence-electron chi connectivity index (χ2n) is 3.83. The van der Waals surface area contributed by atoms with Gasteiger partial charge in [-0.2, -0.15) is 0 Å². The minimum atomic E-state index is -0.272. The van der Waals surface area contributed by atoms with Crippen LogP contribution in [0.15, 0.2) is 12.1 Å². The molecule has 1 aromatic rings. The quantitative estimate of drug-likeness (QED) is 0.829. The van der Waals surface area contributed by atoms with Crippen molar-refractivity contribution in [1.82, 2.24) is 5.32 Å². The lowest BCUT2D eigenvalue weighted by Crippen LogP contribution is -2.41. The number of thiophene rings is 1. The molecule has 0 aliphatic heterocycles. The first-order valence-electron chi connectivity index (χ1n) is 5.10. The molecular weight excluding hydrogens is 246 g/mol. The number of carbonyl (C=O) groups excluding carboxylic acids is 1. The average molecular weight is 262 g/mol. The van der Waals surface area contributed by atoms with E-state index in [-0.39, 0.29) is 17.9 Å². The number of halogens is 1. The molecule has 0 aliphatic carbocycles. The summed E-state index contributed by atoms with van der Waals surface area (Å²) in [4.78, 5) is 12.6. The van der Waals surface area contributed by atoms with Crippen molar-refractivity contribution in [3.63, 3.8) is 0 Å². The number of carbonyl (C=O) groups is 1. The van der Waals surface area contributed by atoms with E-state index in [4.69, 9.17) is 16.3 Å². The summed E-state index contributed by atoms with van der Waals surface area (Å²) < 4.78 is 5.50. The van der Waals surface area contributed by atoms with Crippen LogP contribution in [0.1, 0.15) is 18.7 Å². The van der Waals surface area contributed by atoms with Crippen LogP contribution in [0.2, 0.25) is 4.34 Å². The number of nitrogens with one attached hydrogen (secondary N) is 1. The molecule has 1 heterocycles. The van der Waals surface area contributed by atoms with Crippen LogP contribution in [0.5, 0.6) is 0 Å². The van der Waals surface area contributed by atoms with Crippen LogP contribution in [0.25, 0.3) is 0 Å². The van der Waals surface area contributed by atoms with Crippen LogP contribution in [-0.2, 0) is 16.1 Å². The molecule has 0 amide bonds. The number of esters is 1. The van der Waals surface area contributed by atoms with Gasteiger partial charge in [0.2, 0.25) is 0 Å². The second-order valence-corrected chi connectivity index (χ2v) is 5.63. The van der Waals surface area contributed by atoms with E-state index >= 15 is 0 Å². The van der Waals surface area contributed by atoms with E-state index in [9.17, 15) is 4.79 Å². The van der Waals surface area contributed by atoms with E-state index in [0.29, 0.717) is 6.54 Å². The Morgan fingerprint density at radius 1 is 1.56 bits per heavy atom. The van der Waals surface area contributed by atoms with Crippen LogP contribution in [-0.4, -0.2) is 19.1 Å². The zero-order valence-electron chi connectivity index (χ0n) is 9.62. The molecule has 0 unspecified atom stereocenters. The van der Waals surface area contributed by atoms with Crippen molar-refractivity contribution in [2.24, 2.45) is 5.92 Å². The van der Waals surface area contributed by atoms with Crippen molar-refractivity contribution in [2.45, 2.75) is 26.4 Å². The molecule has 1 N–H and O–H groups in total. The minimum Gasteiger partial charge on any atom is -0.468 e. The van der Waals surface area contributed by atoms with E-state index in [1.165, 1.54) is 18.4 Å². The third kappa shape index (κ3) is 3.77. The van der Waals surface area contributed by atoms with Gasteiger partial charge in [0.1, 0.15) is 6.04 Å². The first-order valence-corrected chi connectivity index (χ1v) is 6.29. The Balaban J connectivity index is 2.53. The highest BCUT2D eigenvalue weighted by Gasteiger charge is 2.22. The molecular formula is C11H16ClNO2S. The van der Waals surface area contributed by atoms with Crippen LogP contribution in [0.3, 0.4) is 0 Å². The largest absolute Gasteiger partial charge is 0.468 e. The van der Waals surface area contributed by atoms with Crippen LogP contribution in [0, 0.1) is 5.92 Å². The monoisotopic (exact) mass is 261 g/mol. The molecule has 0 fully saturated rings. The summed E-state index contributed by atoms with van der Waals surface area (Å²) >= 11 is 7.34. The number of methoxy groups -OCH3 is 1. The van der Waals surface area contributed by atoms with Crippen molar-refractivity contribution >= 4 is 28.9 Å². The van der Waals surface area contributed by atoms with Crippen molar-refractivity contribution < 1.29 is 9.53 Å². The summed E-state index contributed by atoms with van der Waals surface area (Å²) in [5, 5.41) is 3.18. The van der Waals surface area contributed by atoms with E-state index in [1.807, 2.05) is 26.0 Å². The van der Waals surface area contributed by atoms with Crippen LogP contribution in [0.4, 0.5) is 0 Å². The van der Waals surface area contributed by atoms with E-state index in [0.717, 1.165) is 9.21 Å². The number of rotatable bonds is 5. The van der Waals surface area contributed by atoms with Gasteiger partial charge >= 0.3 is 5.97 Å². The summed E-state index contributed by atoms with van der Waals surface area (Å²) in [6.07, 6.45) is 0. The SMILES string of the molecule is COC(=O)[C@@H](NCc1ccc(Cl)s1)C(C)C. The Hall–Kier alpha value is -0.580. The van der Waals surface area contributed by atoms with Gasteiger partial charge in [0.05, 0.1) is 11.4 Å². The molecule has 90 valence electrons. The number of hydrogen-bond donors (Lipinski definition) is 1. The van der Waals surface area contributed by atoms with Crippen molar-refractivity contribution in [2.75, 3.05) is 7.11 Å². The van der Waals surface area contributed by atoms with Crippen molar-refractivity contribution in [3.05, 3.63) is 21.3 Å². The minimum absolute atomic E-state index is 0.197. The third-order valence-corrected chi connectivity index (χ3v) is 3.48. The van der Waals surface area contributed by atoms with Gasteiger partial charge in [-0.05, 0) is 18.1 Å². The number of ether oxygens (including phenoxy) is 1. The van der Waals surface area contributed by atoms with Gasteiger partial charge in [0, 0.05) is 11.4 Å². The Kier molecular flexibility index (Phi) is 5.25. The molecule has 0 aliphatic rings. The van der Waals surface area contributed by atoms with Gasteiger partial charge in [-0.25, -0.2) is 0 Å². The zero-order chi connectivity index (χ0) is 12.1. The molecule has 1 rings (SSSR count). The molecule has 0 saturated carbocycles. The van der Waals surface area contributed by atoms with Gasteiger partial charge in [-0.1, -0.05) is 25.4 Å². The van der Waals surface area contributed by atoms with Gasteiger partial charge in [0.25, 0.3) is 0 Å². The number of hydrogen-bond acceptors (Lipinski definition) is 4. The van der Waals surface area contributed by atoms with Gasteiger partial charge in [0.15, 0.2) is 0 Å². The van der Waals surface area contributed by atoms with Crippen LogP contribution >= 0.6 is 22.9 Å². The van der Waals surface area contributed by atoms with E-state index < -0.39 is 0 Å². The lowest BCUT2D eigenvalue weighted by Gasteiger charge is -2.19. The molecule has 1 aromatic heterocycles. The Morgan fingerprint density at radius 2 is 2.25 bits per heavy atom. The predicted octanol–water partition coefficient (Wildman–Crippen LogP) is 2.69. The summed E-state index contributed by atoms with van der Waals surface area (Å²) in [7, 11) is 1.40. The summed E-state index contributed by atoms with van der Waals surface area (Å²) in [6.45, 7) is 4.60. The smallest absolute Gasteiger partial charge is 0.323 e. The van der Waals surface area contributed by atoms with E-state index in [2.05, 4.69) is 5.32 Å². The molecule has 16 heavy (non-hydrogen) atoms. The maximum absolute atomic E-state index is 11.5. The first kappa shape index (κ1) is 13.5. The maximum Gasteiger partial charge on any atom is 0.323 e. The summed E-state index contributed by atoms with van der Waals surface area (Å²) in [5.41, 5.74) is 0. The maximum atomic E-state index is 11.5. The Morgan fingerprint density at radius 3 is 2.69 bits per heavy atom. The normalized spacial score (nSPS) is 12.8. The van der Waals surface area contributed by atoms with Gasteiger partial charge < -0.3 is 4.74 Å². The topological polar surface area (TPSA) is 38.3 Å². The van der Waals surface area contributed by atoms with E-state index in [1.54, 1.807) is 0 Å². The fourth-order valence-electron chi connectivity index (χ4n) is 1.38. The summed E-state index contributed by atoms with van der Waals surface area (Å²) in [5.74, 6) is -0.0273. The zero-order valence-corrected chi connectivity index (χ0v) is 11.2. The lowest BCUT2D eigenvalue weighted by molar-refractivity contribution is -0.144. The standard InChI is InChI=1S/C11H16ClNO2S/c1-7(2)10(11(14)15-3)13-6-8-4-5-9(12)16-8/h4-5,7,10,13H,6H2,1-3H3/t10-/m0/s1. The van der Waals surface area contributed by atoms with Crippen LogP contribution < -0.4 is 5.32 Å². The van der Waals surface area contributed by atoms with Crippen molar-refractivity contribution in [3.8, 4) is 0 Å². The fraction of sp³-hybridized carbons (Fsp3) is 0.545. The van der Waals surface area contributed by atoms with Gasteiger partial charge in [-0.15, -0.1) is 11.3 Å². The molecule has 0 saturated heterocycles. The second kappa shape index (κ2) is 6.23. The lowest BCUT2D eigenvalue weighted by atomic mass is 10.0. The molecule has 5 heteroatoms. The molecule has 0 bridgehead atoms. The molecule has 3 nitrogen and oxygen atoms in total. The Bertz CT molecular complexity index is 352. The van der Waals surface area contributed by atoms with Gasteiger partial charge in [-0.3, -0.25) is 10.1 Å². The molecule has 0 radical (unpaired) electrons. The summed E-state index contributed by atoms with van der Waals surface area (Å²) in [6, 6.07) is 3.53. The first-order chi connectivity index (χ1) is 7.54. The average Bonchev–Trinajstić information content (AvgIpc) is 2.63. The molecule has 1 atom stereocenters. The fourth-order valence-corrected chi connectivity index (χ4v) is 2.41. The predicted molar refractivity (Wildman–Crippen MR) is 66.8 cm³/mol. The highest BCUT2D eigenvalue weighted by atomic mass is 35.5. The molecule has 0 spiro atoms. The Labute approximate surface area is 105 Å². The highest BCUT2D eigenvalue weighted by Crippen LogP contribution is 2.21. The molecule has 0 aromatic carbocycles. The third-order valence-electron chi connectivity index (χ3n) is 2.25. The highest BCUT2D eigenvalue weighted by molar-refractivity contribution is 7.16.